The minimum atomic E-state index is -0.582. The Kier molecular flexibility index (Phi) is 6.70. The number of rotatable bonds is 6. The highest BCUT2D eigenvalue weighted by Crippen LogP contribution is 1.92. The van der Waals surface area contributed by atoms with Crippen molar-refractivity contribution in [2.75, 3.05) is 20.3 Å². The summed E-state index contributed by atoms with van der Waals surface area (Å²) in [6, 6.07) is -0.582. The largest absolute Gasteiger partial charge is 0.464 e. The molecule has 0 aliphatic carbocycles. The van der Waals surface area contributed by atoms with E-state index < -0.39 is 6.04 Å². The molecule has 0 heterocycles. The molecule has 4 heteroatoms. The maximum Gasteiger partial charge on any atom is 0.325 e. The van der Waals surface area contributed by atoms with Crippen molar-refractivity contribution in [3.8, 4) is 0 Å². The second-order valence-electron chi connectivity index (χ2n) is 2.54. The van der Waals surface area contributed by atoms with E-state index in [2.05, 4.69) is 5.32 Å². The van der Waals surface area contributed by atoms with Gasteiger partial charge in [0, 0.05) is 0 Å². The summed E-state index contributed by atoms with van der Waals surface area (Å²) >= 11 is 0. The van der Waals surface area contributed by atoms with Crippen LogP contribution in [0, 0.1) is 0 Å². The first kappa shape index (κ1) is 11.4. The van der Waals surface area contributed by atoms with Gasteiger partial charge in [-0.3, -0.25) is 4.79 Å². The van der Waals surface area contributed by atoms with Gasteiger partial charge in [0.1, 0.15) is 6.04 Å². The lowest BCUT2D eigenvalue weighted by Crippen LogP contribution is -2.38. The van der Waals surface area contributed by atoms with Gasteiger partial charge in [0.2, 0.25) is 0 Å². The van der Waals surface area contributed by atoms with Gasteiger partial charge in [-0.25, -0.2) is 0 Å². The molecule has 0 aliphatic rings. The summed E-state index contributed by atoms with van der Waals surface area (Å²) in [5, 5.41) is 11.3. The van der Waals surface area contributed by atoms with Gasteiger partial charge in [0.25, 0.3) is 0 Å². The molecule has 0 aromatic carbocycles. The highest BCUT2D eigenvalue weighted by Gasteiger charge is 2.15. The van der Waals surface area contributed by atoms with E-state index >= 15 is 0 Å². The van der Waals surface area contributed by atoms with E-state index in [0.717, 1.165) is 12.8 Å². The molecule has 1 unspecified atom stereocenters. The molecule has 0 amide bonds. The molecule has 0 rings (SSSR count). The van der Waals surface area contributed by atoms with Gasteiger partial charge in [-0.15, -0.1) is 0 Å². The number of nitrogens with one attached hydrogen (secondary N) is 1. The molecule has 12 heavy (non-hydrogen) atoms. The lowest BCUT2D eigenvalue weighted by molar-refractivity contribution is -0.147. The number of aliphatic hydroxyl groups is 1. The Bertz CT molecular complexity index is 123. The quantitative estimate of drug-likeness (QED) is 0.437. The molecule has 0 spiro atoms. The molecular formula is C8H17NO3. The Morgan fingerprint density at radius 1 is 1.67 bits per heavy atom. The van der Waals surface area contributed by atoms with Crippen LogP contribution in [0.1, 0.15) is 19.8 Å². The number of aliphatic hydroxyl groups excluding tert-OH is 1. The Balaban J connectivity index is 3.54. The van der Waals surface area contributed by atoms with E-state index in [0.29, 0.717) is 6.61 Å². The predicted octanol–water partition coefficient (Wildman–Crippen LogP) is -0.0900. The normalized spacial score (nSPS) is 12.6. The van der Waals surface area contributed by atoms with Crippen molar-refractivity contribution < 1.29 is 14.6 Å². The monoisotopic (exact) mass is 175 g/mol. The molecular weight excluding hydrogens is 158 g/mol. The first-order valence-corrected chi connectivity index (χ1v) is 4.21. The molecule has 2 N–H and O–H groups in total. The minimum Gasteiger partial charge on any atom is -0.464 e. The second kappa shape index (κ2) is 7.06. The van der Waals surface area contributed by atoms with E-state index in [-0.39, 0.29) is 12.6 Å². The van der Waals surface area contributed by atoms with Crippen LogP contribution in [0.25, 0.3) is 0 Å². The fourth-order valence-corrected chi connectivity index (χ4v) is 0.701. The first-order valence-electron chi connectivity index (χ1n) is 4.21. The van der Waals surface area contributed by atoms with Crippen LogP contribution in [0.3, 0.4) is 0 Å². The van der Waals surface area contributed by atoms with Gasteiger partial charge in [-0.2, -0.15) is 0 Å². The Morgan fingerprint density at radius 3 is 2.75 bits per heavy atom. The highest BCUT2D eigenvalue weighted by molar-refractivity contribution is 5.75. The summed E-state index contributed by atoms with van der Waals surface area (Å²) in [5.74, 6) is -0.381. The van der Waals surface area contributed by atoms with E-state index in [4.69, 9.17) is 9.84 Å². The topological polar surface area (TPSA) is 58.6 Å². The number of hydrogen-bond donors (Lipinski definition) is 2. The summed E-state index contributed by atoms with van der Waals surface area (Å²) in [7, 11) is 1.61. The van der Waals surface area contributed by atoms with Gasteiger partial charge in [0.05, 0.1) is 13.2 Å². The van der Waals surface area contributed by atoms with Gasteiger partial charge in [0.15, 0.2) is 0 Å². The van der Waals surface area contributed by atoms with Crippen LogP contribution in [-0.2, 0) is 9.53 Å². The number of likely N-dealkylation sites (N-methyl/N-ethyl adjacent to an activating group) is 1. The fraction of sp³-hybridized carbons (Fsp3) is 0.875. The Hall–Kier alpha value is -0.610. The molecule has 1 atom stereocenters. The average molecular weight is 175 g/mol. The van der Waals surface area contributed by atoms with Crippen LogP contribution in [0.5, 0.6) is 0 Å². The summed E-state index contributed by atoms with van der Waals surface area (Å²) in [5.41, 5.74) is 0. The maximum atomic E-state index is 11.0. The third kappa shape index (κ3) is 4.31. The number of ether oxygens (including phenoxy) is 1. The maximum absolute atomic E-state index is 11.0. The van der Waals surface area contributed by atoms with Crippen molar-refractivity contribution in [3.63, 3.8) is 0 Å². The SMILES string of the molecule is CCCCOC(=O)C(CO)NC. The molecule has 0 bridgehead atoms. The molecule has 0 radical (unpaired) electrons. The Morgan fingerprint density at radius 2 is 2.33 bits per heavy atom. The van der Waals surface area contributed by atoms with Gasteiger partial charge >= 0.3 is 5.97 Å². The van der Waals surface area contributed by atoms with Gasteiger partial charge in [-0.1, -0.05) is 13.3 Å². The first-order chi connectivity index (χ1) is 5.76. The van der Waals surface area contributed by atoms with Gasteiger partial charge < -0.3 is 15.2 Å². The second-order valence-corrected chi connectivity index (χ2v) is 2.54. The molecule has 0 saturated carbocycles. The number of carbonyl (C=O) groups excluding carboxylic acids is 1. The van der Waals surface area contributed by atoms with Crippen LogP contribution in [0.4, 0.5) is 0 Å². The van der Waals surface area contributed by atoms with Gasteiger partial charge in [-0.05, 0) is 13.5 Å². The van der Waals surface area contributed by atoms with Crippen LogP contribution in [-0.4, -0.2) is 37.4 Å². The third-order valence-corrected chi connectivity index (χ3v) is 1.56. The highest BCUT2D eigenvalue weighted by atomic mass is 16.5. The van der Waals surface area contributed by atoms with Crippen molar-refractivity contribution in [3.05, 3.63) is 0 Å². The van der Waals surface area contributed by atoms with Crippen LogP contribution >= 0.6 is 0 Å². The average Bonchev–Trinajstić information content (AvgIpc) is 2.07. The van der Waals surface area contributed by atoms with Crippen molar-refractivity contribution in [2.45, 2.75) is 25.8 Å². The van der Waals surface area contributed by atoms with E-state index in [1.807, 2.05) is 6.92 Å². The van der Waals surface area contributed by atoms with Crippen molar-refractivity contribution >= 4 is 5.97 Å². The predicted molar refractivity (Wildman–Crippen MR) is 45.8 cm³/mol. The van der Waals surface area contributed by atoms with E-state index in [1.165, 1.54) is 0 Å². The molecule has 0 aromatic heterocycles. The molecule has 0 saturated heterocycles. The third-order valence-electron chi connectivity index (χ3n) is 1.56. The molecule has 0 fully saturated rings. The van der Waals surface area contributed by atoms with Crippen LogP contribution in [0.15, 0.2) is 0 Å². The summed E-state index contributed by atoms with van der Waals surface area (Å²) in [4.78, 5) is 11.0. The number of carbonyl (C=O) groups is 1. The lowest BCUT2D eigenvalue weighted by atomic mass is 10.3. The zero-order chi connectivity index (χ0) is 9.40. The minimum absolute atomic E-state index is 0.221. The van der Waals surface area contributed by atoms with E-state index in [1.54, 1.807) is 7.05 Å². The van der Waals surface area contributed by atoms with E-state index in [9.17, 15) is 4.79 Å². The number of hydrogen-bond acceptors (Lipinski definition) is 4. The zero-order valence-corrected chi connectivity index (χ0v) is 7.67. The smallest absolute Gasteiger partial charge is 0.325 e. The molecule has 0 aliphatic heterocycles. The molecule has 72 valence electrons. The number of unbranched alkanes of at least 4 members (excludes halogenated alkanes) is 1. The summed E-state index contributed by atoms with van der Waals surface area (Å²) in [6.45, 7) is 2.24. The van der Waals surface area contributed by atoms with Crippen molar-refractivity contribution in [1.29, 1.82) is 0 Å². The molecule has 0 aromatic rings. The zero-order valence-electron chi connectivity index (χ0n) is 7.67. The van der Waals surface area contributed by atoms with Crippen molar-refractivity contribution in [1.82, 2.24) is 5.32 Å². The van der Waals surface area contributed by atoms with Crippen molar-refractivity contribution in [2.24, 2.45) is 0 Å². The lowest BCUT2D eigenvalue weighted by Gasteiger charge is -2.11. The molecule has 4 nitrogen and oxygen atoms in total. The number of esters is 1. The summed E-state index contributed by atoms with van der Waals surface area (Å²) in [6.07, 6.45) is 1.87. The fourth-order valence-electron chi connectivity index (χ4n) is 0.701. The van der Waals surface area contributed by atoms with Crippen LogP contribution in [0.2, 0.25) is 0 Å². The van der Waals surface area contributed by atoms with Crippen LogP contribution < -0.4 is 5.32 Å². The standard InChI is InChI=1S/C8H17NO3/c1-3-4-5-12-8(11)7(6-10)9-2/h7,9-10H,3-6H2,1-2H3. The summed E-state index contributed by atoms with van der Waals surface area (Å²) < 4.78 is 4.86. The Labute approximate surface area is 72.9 Å².